The molecule has 0 aliphatic carbocycles. The second-order valence-electron chi connectivity index (χ2n) is 11.9. The summed E-state index contributed by atoms with van der Waals surface area (Å²) in [6, 6.07) is 26.1. The SMILES string of the molecule is O=C(NS(=O)(=O)c1cc([N+](=O)[O-])c(NCCSc2ccccc2)cc1N1CCN(Cc2ccc(-c3cccc(O)c3)c(F)c2)CC1)c1cccnn1. The lowest BCUT2D eigenvalue weighted by Gasteiger charge is -2.37. The minimum Gasteiger partial charge on any atom is -0.508 e. The molecule has 6 rings (SSSR count). The Bertz CT molecular complexity index is 2170. The van der Waals surface area contributed by atoms with Gasteiger partial charge in [0.05, 0.1) is 10.6 Å². The topological polar surface area (TPSA) is 171 Å². The number of benzene rings is 4. The number of carbonyl (C=O) groups is 1. The molecule has 0 saturated carbocycles. The third kappa shape index (κ3) is 8.82. The summed E-state index contributed by atoms with van der Waals surface area (Å²) in [6.07, 6.45) is 1.33. The predicted molar refractivity (Wildman–Crippen MR) is 196 cm³/mol. The molecule has 16 heteroatoms. The molecular formula is C36H34FN7O6S2. The number of sulfonamides is 1. The van der Waals surface area contributed by atoms with E-state index in [1.54, 1.807) is 34.9 Å². The summed E-state index contributed by atoms with van der Waals surface area (Å²) in [7, 11) is -4.63. The number of phenolic OH excluding ortho intramolecular Hbond substituents is 1. The number of aromatic nitrogens is 2. The number of nitrogens with one attached hydrogen (secondary N) is 2. The fourth-order valence-corrected chi connectivity index (χ4v) is 7.78. The maximum absolute atomic E-state index is 15.1. The van der Waals surface area contributed by atoms with Crippen LogP contribution in [0.1, 0.15) is 16.1 Å². The average molecular weight is 744 g/mol. The monoisotopic (exact) mass is 743 g/mol. The van der Waals surface area contributed by atoms with Crippen molar-refractivity contribution in [3.05, 3.63) is 130 Å². The van der Waals surface area contributed by atoms with Crippen molar-refractivity contribution in [3.63, 3.8) is 0 Å². The van der Waals surface area contributed by atoms with Gasteiger partial charge in [-0.2, -0.15) is 5.10 Å². The number of nitrogens with zero attached hydrogens (tertiary/aromatic N) is 5. The summed E-state index contributed by atoms with van der Waals surface area (Å²) in [5, 5.41) is 32.4. The Kier molecular flexibility index (Phi) is 11.3. The zero-order valence-corrected chi connectivity index (χ0v) is 29.3. The lowest BCUT2D eigenvalue weighted by atomic mass is 10.0. The van der Waals surface area contributed by atoms with E-state index in [0.717, 1.165) is 16.5 Å². The van der Waals surface area contributed by atoms with E-state index in [0.29, 0.717) is 56.1 Å². The van der Waals surface area contributed by atoms with E-state index in [1.807, 2.05) is 41.1 Å². The van der Waals surface area contributed by atoms with E-state index in [9.17, 15) is 28.4 Å². The first-order valence-corrected chi connectivity index (χ1v) is 18.7. The number of thioether (sulfide) groups is 1. The quantitative estimate of drug-likeness (QED) is 0.0596. The highest BCUT2D eigenvalue weighted by Crippen LogP contribution is 2.37. The molecule has 0 radical (unpaired) electrons. The first-order valence-electron chi connectivity index (χ1n) is 16.2. The van der Waals surface area contributed by atoms with Crippen molar-refractivity contribution in [2.75, 3.05) is 48.7 Å². The Morgan fingerprint density at radius 1 is 0.962 bits per heavy atom. The maximum atomic E-state index is 15.1. The van der Waals surface area contributed by atoms with Gasteiger partial charge in [0.2, 0.25) is 0 Å². The molecular weight excluding hydrogens is 710 g/mol. The van der Waals surface area contributed by atoms with Crippen molar-refractivity contribution in [1.82, 2.24) is 19.8 Å². The van der Waals surface area contributed by atoms with Crippen LogP contribution in [0.5, 0.6) is 5.75 Å². The van der Waals surface area contributed by atoms with E-state index >= 15 is 4.39 Å². The van der Waals surface area contributed by atoms with Gasteiger partial charge in [-0.05, 0) is 59.7 Å². The minimum absolute atomic E-state index is 0.0423. The Labute approximate surface area is 303 Å². The van der Waals surface area contributed by atoms with Gasteiger partial charge < -0.3 is 15.3 Å². The molecule has 1 aromatic heterocycles. The molecule has 0 spiro atoms. The van der Waals surface area contributed by atoms with Crippen LogP contribution in [0, 0.1) is 15.9 Å². The smallest absolute Gasteiger partial charge is 0.293 e. The molecule has 4 aromatic carbocycles. The highest BCUT2D eigenvalue weighted by Gasteiger charge is 2.31. The van der Waals surface area contributed by atoms with Crippen molar-refractivity contribution in [1.29, 1.82) is 0 Å². The number of rotatable bonds is 13. The summed E-state index contributed by atoms with van der Waals surface area (Å²) >= 11 is 1.56. The van der Waals surface area contributed by atoms with E-state index in [2.05, 4.69) is 20.4 Å². The number of nitro benzene ring substituents is 1. The van der Waals surface area contributed by atoms with E-state index < -0.39 is 37.3 Å². The van der Waals surface area contributed by atoms with Gasteiger partial charge in [0, 0.05) is 67.7 Å². The molecule has 5 aromatic rings. The van der Waals surface area contributed by atoms with Crippen molar-refractivity contribution >= 4 is 44.8 Å². The van der Waals surface area contributed by atoms with Crippen molar-refractivity contribution in [3.8, 4) is 16.9 Å². The molecule has 13 nitrogen and oxygen atoms in total. The summed E-state index contributed by atoms with van der Waals surface area (Å²) < 4.78 is 44.6. The van der Waals surface area contributed by atoms with Crippen LogP contribution in [0.15, 0.2) is 113 Å². The Morgan fingerprint density at radius 2 is 1.75 bits per heavy atom. The number of nitro groups is 1. The first-order chi connectivity index (χ1) is 25.1. The van der Waals surface area contributed by atoms with Crippen LogP contribution in [0.4, 0.5) is 21.5 Å². The molecule has 0 unspecified atom stereocenters. The Hall–Kier alpha value is -5.58. The molecule has 1 fully saturated rings. The zero-order valence-electron chi connectivity index (χ0n) is 27.7. The lowest BCUT2D eigenvalue weighted by Crippen LogP contribution is -2.46. The maximum Gasteiger partial charge on any atom is 0.293 e. The third-order valence-electron chi connectivity index (χ3n) is 8.33. The van der Waals surface area contributed by atoms with Crippen LogP contribution in [-0.2, 0) is 16.6 Å². The number of amides is 1. The second kappa shape index (κ2) is 16.2. The molecule has 1 aliphatic heterocycles. The van der Waals surface area contributed by atoms with Crippen LogP contribution >= 0.6 is 11.8 Å². The summed E-state index contributed by atoms with van der Waals surface area (Å²) in [6.45, 7) is 2.39. The number of phenols is 1. The molecule has 1 amide bonds. The molecule has 1 aliphatic rings. The fraction of sp³-hybridized carbons (Fsp3) is 0.194. The number of halogens is 1. The standard InChI is InChI=1S/C36H34FN7O6S2/c37-30-20-25(11-12-29(30)26-6-4-7-27(45)21-26)24-42-15-17-43(18-16-42)34-22-32(38-14-19-51-28-8-2-1-3-9-28)33(44(47)48)23-35(34)52(49,50)41-36(46)31-10-5-13-39-40-31/h1-13,20-23,38,45H,14-19,24H2,(H,41,46). The summed E-state index contributed by atoms with van der Waals surface area (Å²) in [4.78, 5) is 28.9. The van der Waals surface area contributed by atoms with Gasteiger partial charge in [-0.15, -0.1) is 16.9 Å². The number of hydrogen-bond acceptors (Lipinski definition) is 12. The van der Waals surface area contributed by atoms with Gasteiger partial charge in [-0.25, -0.2) is 17.5 Å². The number of hydrogen-bond donors (Lipinski definition) is 3. The normalized spacial score (nSPS) is 13.4. The van der Waals surface area contributed by atoms with Gasteiger partial charge >= 0.3 is 0 Å². The van der Waals surface area contributed by atoms with Crippen molar-refractivity contribution in [2.24, 2.45) is 0 Å². The van der Waals surface area contributed by atoms with Gasteiger partial charge in [-0.1, -0.05) is 42.5 Å². The molecule has 2 heterocycles. The van der Waals surface area contributed by atoms with Crippen LogP contribution in [-0.4, -0.2) is 77.9 Å². The van der Waals surface area contributed by atoms with Gasteiger partial charge in [0.1, 0.15) is 22.1 Å². The van der Waals surface area contributed by atoms with Crippen LogP contribution < -0.4 is 14.9 Å². The molecule has 1 saturated heterocycles. The summed E-state index contributed by atoms with van der Waals surface area (Å²) in [5.74, 6) is -0.832. The van der Waals surface area contributed by atoms with E-state index in [4.69, 9.17) is 0 Å². The van der Waals surface area contributed by atoms with Crippen molar-refractivity contribution < 1.29 is 27.6 Å². The largest absolute Gasteiger partial charge is 0.508 e. The summed E-state index contributed by atoms with van der Waals surface area (Å²) in [5.41, 5.74) is 1.28. The van der Waals surface area contributed by atoms with Crippen LogP contribution in [0.3, 0.4) is 0 Å². The Morgan fingerprint density at radius 3 is 2.44 bits per heavy atom. The van der Waals surface area contributed by atoms with E-state index in [-0.39, 0.29) is 22.8 Å². The fourth-order valence-electron chi connectivity index (χ4n) is 5.81. The first kappa shape index (κ1) is 36.2. The van der Waals surface area contributed by atoms with Crippen LogP contribution in [0.25, 0.3) is 11.1 Å². The minimum atomic E-state index is -4.63. The molecule has 52 heavy (non-hydrogen) atoms. The Balaban J connectivity index is 1.22. The number of anilines is 2. The molecule has 0 atom stereocenters. The lowest BCUT2D eigenvalue weighted by molar-refractivity contribution is -0.384. The number of carbonyl (C=O) groups excluding carboxylic acids is 1. The number of piperazine rings is 1. The number of aromatic hydroxyl groups is 1. The zero-order chi connectivity index (χ0) is 36.7. The molecule has 3 N–H and O–H groups in total. The molecule has 0 bridgehead atoms. The third-order valence-corrected chi connectivity index (χ3v) is 10.7. The van der Waals surface area contributed by atoms with E-state index in [1.165, 1.54) is 42.6 Å². The highest BCUT2D eigenvalue weighted by atomic mass is 32.2. The van der Waals surface area contributed by atoms with Gasteiger partial charge in [-0.3, -0.25) is 19.8 Å². The van der Waals surface area contributed by atoms with Crippen molar-refractivity contribution in [2.45, 2.75) is 16.3 Å². The second-order valence-corrected chi connectivity index (χ2v) is 14.7. The predicted octanol–water partition coefficient (Wildman–Crippen LogP) is 5.54. The average Bonchev–Trinajstić information content (AvgIpc) is 3.14. The van der Waals surface area contributed by atoms with Crippen LogP contribution in [0.2, 0.25) is 0 Å². The van der Waals surface area contributed by atoms with Gasteiger partial charge in [0.25, 0.3) is 21.6 Å². The highest BCUT2D eigenvalue weighted by molar-refractivity contribution is 7.99. The van der Waals surface area contributed by atoms with Gasteiger partial charge in [0.15, 0.2) is 5.69 Å². The molecule has 268 valence electrons.